The summed E-state index contributed by atoms with van der Waals surface area (Å²) in [7, 11) is 0. The van der Waals surface area contributed by atoms with Gasteiger partial charge in [0.1, 0.15) is 5.38 Å². The molecule has 0 aromatic carbocycles. The Morgan fingerprint density at radius 1 is 1.62 bits per heavy atom. The first-order valence-electron chi connectivity index (χ1n) is 4.12. The van der Waals surface area contributed by atoms with Crippen LogP contribution >= 0.6 is 35.1 Å². The highest BCUT2D eigenvalue weighted by Gasteiger charge is 2.33. The van der Waals surface area contributed by atoms with Crippen LogP contribution in [0, 0.1) is 0 Å². The molecule has 2 unspecified atom stereocenters. The van der Waals surface area contributed by atoms with Crippen molar-refractivity contribution >= 4 is 41.1 Å². The molecule has 1 aliphatic rings. The lowest BCUT2D eigenvalue weighted by molar-refractivity contribution is -0.148. The number of halogens is 1. The molecule has 2 atom stereocenters. The predicted octanol–water partition coefficient (Wildman–Crippen LogP) is 2.35. The summed E-state index contributed by atoms with van der Waals surface area (Å²) >= 11 is 9.12. The van der Waals surface area contributed by atoms with Crippen molar-refractivity contribution in [2.24, 2.45) is 0 Å². The molecule has 1 heterocycles. The summed E-state index contributed by atoms with van der Waals surface area (Å²) in [5.74, 6) is 2.70. The minimum absolute atomic E-state index is 0.320. The number of thioether (sulfide) groups is 2. The van der Waals surface area contributed by atoms with Crippen LogP contribution in [0.25, 0.3) is 0 Å². The van der Waals surface area contributed by atoms with E-state index in [1.807, 2.05) is 18.7 Å². The van der Waals surface area contributed by atoms with Gasteiger partial charge in [-0.1, -0.05) is 0 Å². The quantitative estimate of drug-likeness (QED) is 0.547. The first-order valence-corrected chi connectivity index (χ1v) is 6.70. The number of ether oxygens (including phenoxy) is 1. The van der Waals surface area contributed by atoms with Crippen molar-refractivity contribution in [2.75, 3.05) is 17.3 Å². The highest BCUT2D eigenvalue weighted by atomic mass is 35.5. The van der Waals surface area contributed by atoms with Gasteiger partial charge in [-0.25, -0.2) is 0 Å². The number of hydrogen-bond acceptors (Lipinski definition) is 4. The summed E-state index contributed by atoms with van der Waals surface area (Å²) in [6.45, 7) is 3.58. The van der Waals surface area contributed by atoms with Gasteiger partial charge in [0.25, 0.3) is 0 Å². The molecular formula is C8H13ClO2S2. The van der Waals surface area contributed by atoms with Crippen molar-refractivity contribution in [1.82, 2.24) is 0 Å². The first-order chi connectivity index (χ1) is 6.03. The van der Waals surface area contributed by atoms with Crippen LogP contribution in [0.3, 0.4) is 0 Å². The Labute approximate surface area is 92.1 Å². The zero-order chi connectivity index (χ0) is 9.90. The fourth-order valence-electron chi connectivity index (χ4n) is 0.969. The second-order valence-corrected chi connectivity index (χ2v) is 6.39. The van der Waals surface area contributed by atoms with E-state index in [1.54, 1.807) is 18.7 Å². The Morgan fingerprint density at radius 3 is 2.77 bits per heavy atom. The van der Waals surface area contributed by atoms with Crippen molar-refractivity contribution in [3.05, 3.63) is 0 Å². The summed E-state index contributed by atoms with van der Waals surface area (Å²) in [6.07, 6.45) is 0. The Balaban J connectivity index is 2.45. The largest absolute Gasteiger partial charge is 0.446 e. The molecule has 0 amide bonds. The number of alkyl halides is 1. The van der Waals surface area contributed by atoms with Crippen LogP contribution in [0.2, 0.25) is 0 Å². The molecule has 0 aromatic heterocycles. The molecule has 0 radical (unpaired) electrons. The lowest BCUT2D eigenvalue weighted by Crippen LogP contribution is -2.36. The molecule has 0 spiro atoms. The standard InChI is InChI=1S/C8H13ClO2S2/c1-6(9)7(10)11-8(2)5-12-3-4-13-8/h6H,3-5H2,1-2H3. The van der Waals surface area contributed by atoms with Crippen LogP contribution in [0.15, 0.2) is 0 Å². The van der Waals surface area contributed by atoms with Crippen LogP contribution in [0.4, 0.5) is 0 Å². The number of esters is 1. The van der Waals surface area contributed by atoms with E-state index >= 15 is 0 Å². The van der Waals surface area contributed by atoms with Crippen molar-refractivity contribution in [3.8, 4) is 0 Å². The fourth-order valence-corrected chi connectivity index (χ4v) is 3.55. The minimum Gasteiger partial charge on any atom is -0.446 e. The second kappa shape index (κ2) is 4.80. The van der Waals surface area contributed by atoms with E-state index in [0.717, 1.165) is 17.3 Å². The van der Waals surface area contributed by atoms with Crippen molar-refractivity contribution in [1.29, 1.82) is 0 Å². The number of carbonyl (C=O) groups excluding carboxylic acids is 1. The summed E-state index contributed by atoms with van der Waals surface area (Å²) in [5, 5.41) is -0.552. The lowest BCUT2D eigenvalue weighted by atomic mass is 10.4. The first kappa shape index (κ1) is 11.5. The summed E-state index contributed by atoms with van der Waals surface area (Å²) in [5.41, 5.74) is 0. The lowest BCUT2D eigenvalue weighted by Gasteiger charge is -2.32. The van der Waals surface area contributed by atoms with Crippen molar-refractivity contribution in [3.63, 3.8) is 0 Å². The zero-order valence-electron chi connectivity index (χ0n) is 7.71. The summed E-state index contributed by atoms with van der Waals surface area (Å²) in [6, 6.07) is 0. The Hall–Kier alpha value is 0.460. The van der Waals surface area contributed by atoms with E-state index < -0.39 is 5.38 Å². The fraction of sp³-hybridized carbons (Fsp3) is 0.875. The van der Waals surface area contributed by atoms with Gasteiger partial charge in [0.2, 0.25) is 0 Å². The molecule has 0 bridgehead atoms. The second-order valence-electron chi connectivity index (χ2n) is 3.07. The molecule has 0 N–H and O–H groups in total. The van der Waals surface area contributed by atoms with Gasteiger partial charge in [-0.05, 0) is 13.8 Å². The maximum atomic E-state index is 11.2. The topological polar surface area (TPSA) is 26.3 Å². The third-order valence-electron chi connectivity index (χ3n) is 1.64. The maximum Gasteiger partial charge on any atom is 0.325 e. The molecule has 1 aliphatic heterocycles. The zero-order valence-corrected chi connectivity index (χ0v) is 10.1. The van der Waals surface area contributed by atoms with Crippen molar-refractivity contribution < 1.29 is 9.53 Å². The van der Waals surface area contributed by atoms with E-state index in [1.165, 1.54) is 0 Å². The van der Waals surface area contributed by atoms with Gasteiger partial charge < -0.3 is 4.74 Å². The van der Waals surface area contributed by atoms with Gasteiger partial charge in [0.15, 0.2) is 4.93 Å². The minimum atomic E-state index is -0.552. The summed E-state index contributed by atoms with van der Waals surface area (Å²) in [4.78, 5) is 10.9. The Bertz CT molecular complexity index is 191. The number of rotatable bonds is 2. The molecule has 0 aliphatic carbocycles. The summed E-state index contributed by atoms with van der Waals surface area (Å²) < 4.78 is 5.31. The third kappa shape index (κ3) is 3.60. The maximum absolute atomic E-state index is 11.2. The van der Waals surface area contributed by atoms with E-state index in [-0.39, 0.29) is 10.9 Å². The molecular weight excluding hydrogens is 228 g/mol. The molecule has 1 saturated heterocycles. The number of carbonyl (C=O) groups is 1. The Morgan fingerprint density at radius 2 is 2.31 bits per heavy atom. The molecule has 5 heteroatoms. The predicted molar refractivity (Wildman–Crippen MR) is 59.6 cm³/mol. The average molecular weight is 241 g/mol. The van der Waals surface area contributed by atoms with Gasteiger partial charge in [0, 0.05) is 17.3 Å². The van der Waals surface area contributed by atoms with E-state index in [4.69, 9.17) is 16.3 Å². The van der Waals surface area contributed by atoms with Crippen LogP contribution < -0.4 is 0 Å². The van der Waals surface area contributed by atoms with E-state index in [0.29, 0.717) is 0 Å². The van der Waals surface area contributed by atoms with Crippen LogP contribution in [-0.2, 0) is 9.53 Å². The highest BCUT2D eigenvalue weighted by molar-refractivity contribution is 8.07. The molecule has 0 saturated carbocycles. The molecule has 2 nitrogen and oxygen atoms in total. The molecule has 1 fully saturated rings. The van der Waals surface area contributed by atoms with Crippen LogP contribution in [0.5, 0.6) is 0 Å². The van der Waals surface area contributed by atoms with Gasteiger partial charge in [-0.3, -0.25) is 4.79 Å². The number of hydrogen-bond donors (Lipinski definition) is 0. The average Bonchev–Trinajstić information content (AvgIpc) is 2.04. The smallest absolute Gasteiger partial charge is 0.325 e. The third-order valence-corrected chi connectivity index (χ3v) is 4.75. The highest BCUT2D eigenvalue weighted by Crippen LogP contribution is 2.35. The molecule has 13 heavy (non-hydrogen) atoms. The van der Waals surface area contributed by atoms with Crippen LogP contribution in [0.1, 0.15) is 13.8 Å². The van der Waals surface area contributed by atoms with E-state index in [2.05, 4.69) is 0 Å². The van der Waals surface area contributed by atoms with Gasteiger partial charge in [-0.2, -0.15) is 11.8 Å². The monoisotopic (exact) mass is 240 g/mol. The van der Waals surface area contributed by atoms with Crippen molar-refractivity contribution in [2.45, 2.75) is 24.2 Å². The molecule has 1 rings (SSSR count). The van der Waals surface area contributed by atoms with E-state index in [9.17, 15) is 4.79 Å². The van der Waals surface area contributed by atoms with Gasteiger partial charge in [0.05, 0.1) is 0 Å². The normalized spacial score (nSPS) is 31.0. The van der Waals surface area contributed by atoms with Gasteiger partial charge >= 0.3 is 5.97 Å². The Kier molecular flexibility index (Phi) is 4.26. The SMILES string of the molecule is CC(Cl)C(=O)OC1(C)CSCCS1. The van der Waals surface area contributed by atoms with Gasteiger partial charge in [-0.15, -0.1) is 23.4 Å². The molecule has 76 valence electrons. The van der Waals surface area contributed by atoms with Crippen LogP contribution in [-0.4, -0.2) is 33.5 Å². The molecule has 0 aromatic rings.